The molecule has 2 aromatic carbocycles. The number of benzene rings is 2. The summed E-state index contributed by atoms with van der Waals surface area (Å²) in [5, 5.41) is 1.34. The van der Waals surface area contributed by atoms with Crippen molar-refractivity contribution in [2.75, 3.05) is 6.26 Å². The second-order valence-electron chi connectivity index (χ2n) is 5.04. The lowest BCUT2D eigenvalue weighted by Gasteiger charge is -2.08. The summed E-state index contributed by atoms with van der Waals surface area (Å²) in [5.74, 6) is 0. The van der Waals surface area contributed by atoms with Gasteiger partial charge in [-0.25, -0.2) is 8.42 Å². The number of hydrogen-bond acceptors (Lipinski definition) is 3. The van der Waals surface area contributed by atoms with Gasteiger partial charge in [-0.3, -0.25) is 4.79 Å². The first-order chi connectivity index (χ1) is 10.3. The number of H-pyrrole nitrogens is 1. The van der Waals surface area contributed by atoms with Gasteiger partial charge in [0.15, 0.2) is 9.84 Å². The minimum atomic E-state index is -3.22. The van der Waals surface area contributed by atoms with Crippen LogP contribution in [0.25, 0.3) is 22.0 Å². The van der Waals surface area contributed by atoms with Gasteiger partial charge in [0, 0.05) is 23.4 Å². The van der Waals surface area contributed by atoms with Crippen LogP contribution in [0, 0.1) is 0 Å². The van der Waals surface area contributed by atoms with Crippen LogP contribution in [0.2, 0.25) is 5.02 Å². The normalized spacial score (nSPS) is 11.7. The van der Waals surface area contributed by atoms with E-state index in [1.807, 2.05) is 6.07 Å². The van der Waals surface area contributed by atoms with Crippen LogP contribution in [0.1, 0.15) is 0 Å². The number of pyridine rings is 1. The number of fused-ring (bicyclic) bond motifs is 1. The van der Waals surface area contributed by atoms with Crippen molar-refractivity contribution in [2.45, 2.75) is 4.90 Å². The van der Waals surface area contributed by atoms with Crippen molar-refractivity contribution < 1.29 is 8.42 Å². The summed E-state index contributed by atoms with van der Waals surface area (Å²) in [6.07, 6.45) is 1.17. The fourth-order valence-corrected chi connectivity index (χ4v) is 3.18. The molecule has 1 aromatic heterocycles. The van der Waals surface area contributed by atoms with Crippen molar-refractivity contribution in [2.24, 2.45) is 0 Å². The Bertz CT molecular complexity index is 1020. The molecule has 0 spiro atoms. The van der Waals surface area contributed by atoms with Crippen LogP contribution in [0.3, 0.4) is 0 Å². The van der Waals surface area contributed by atoms with Crippen molar-refractivity contribution in [1.29, 1.82) is 0 Å². The number of rotatable bonds is 2. The maximum atomic E-state index is 11.5. The van der Waals surface area contributed by atoms with Gasteiger partial charge < -0.3 is 4.98 Å². The fraction of sp³-hybridized carbons (Fsp3) is 0.0625. The molecule has 0 aliphatic heterocycles. The highest BCUT2D eigenvalue weighted by Gasteiger charge is 2.10. The highest BCUT2D eigenvalue weighted by Crippen LogP contribution is 2.31. The number of nitrogens with one attached hydrogen (secondary N) is 1. The van der Waals surface area contributed by atoms with Gasteiger partial charge in [0.25, 0.3) is 0 Å². The number of aromatic nitrogens is 1. The molecule has 1 N–H and O–H groups in total. The molecule has 1 heterocycles. The van der Waals surface area contributed by atoms with Gasteiger partial charge in [-0.1, -0.05) is 23.7 Å². The standard InChI is InChI=1S/C16H12ClNO3S/c1-22(20,21)12-5-2-10(3-6-12)13-8-11-4-7-16(19)18-15(11)9-14(13)17/h2-9H,1H3,(H,18,19). The van der Waals surface area contributed by atoms with Crippen molar-refractivity contribution in [3.8, 4) is 11.1 Å². The summed E-state index contributed by atoms with van der Waals surface area (Å²) in [5.41, 5.74) is 2.06. The van der Waals surface area contributed by atoms with E-state index in [1.165, 1.54) is 12.3 Å². The number of hydrogen-bond donors (Lipinski definition) is 1. The Labute approximate surface area is 132 Å². The topological polar surface area (TPSA) is 67.0 Å². The molecule has 3 rings (SSSR count). The van der Waals surface area contributed by atoms with Crippen LogP contribution >= 0.6 is 11.6 Å². The molecule has 3 aromatic rings. The molecule has 0 saturated carbocycles. The molecule has 6 heteroatoms. The summed E-state index contributed by atoms with van der Waals surface area (Å²) in [6, 6.07) is 13.3. The zero-order chi connectivity index (χ0) is 15.9. The van der Waals surface area contributed by atoms with Gasteiger partial charge in [0.05, 0.1) is 9.92 Å². The average molecular weight is 334 g/mol. The van der Waals surface area contributed by atoms with E-state index in [0.29, 0.717) is 10.5 Å². The second kappa shape index (κ2) is 5.26. The van der Waals surface area contributed by atoms with Crippen LogP contribution in [-0.4, -0.2) is 19.7 Å². The third kappa shape index (κ3) is 2.77. The maximum Gasteiger partial charge on any atom is 0.248 e. The number of halogens is 1. The molecule has 0 unspecified atom stereocenters. The first-order valence-corrected chi connectivity index (χ1v) is 8.74. The SMILES string of the molecule is CS(=O)(=O)c1ccc(-c2cc3ccc(=O)[nH]c3cc2Cl)cc1. The molecule has 0 atom stereocenters. The van der Waals surface area contributed by atoms with Gasteiger partial charge >= 0.3 is 0 Å². The Morgan fingerprint density at radius 2 is 1.68 bits per heavy atom. The van der Waals surface area contributed by atoms with E-state index in [9.17, 15) is 13.2 Å². The molecule has 4 nitrogen and oxygen atoms in total. The Kier molecular flexibility index (Phi) is 3.54. The predicted octanol–water partition coefficient (Wildman–Crippen LogP) is 3.25. The third-order valence-electron chi connectivity index (χ3n) is 3.40. The second-order valence-corrected chi connectivity index (χ2v) is 7.46. The monoisotopic (exact) mass is 333 g/mol. The van der Waals surface area contributed by atoms with E-state index in [1.54, 1.807) is 36.4 Å². The van der Waals surface area contributed by atoms with E-state index >= 15 is 0 Å². The maximum absolute atomic E-state index is 11.5. The number of aromatic amines is 1. The first-order valence-electron chi connectivity index (χ1n) is 6.48. The van der Waals surface area contributed by atoms with Crippen LogP contribution in [-0.2, 0) is 9.84 Å². The van der Waals surface area contributed by atoms with E-state index in [0.717, 1.165) is 16.5 Å². The minimum Gasteiger partial charge on any atom is -0.322 e. The Balaban J connectivity index is 2.15. The Hall–Kier alpha value is -2.11. The van der Waals surface area contributed by atoms with Crippen molar-refractivity contribution in [3.05, 3.63) is 63.9 Å². The largest absolute Gasteiger partial charge is 0.322 e. The van der Waals surface area contributed by atoms with Gasteiger partial charge in [-0.15, -0.1) is 0 Å². The van der Waals surface area contributed by atoms with Gasteiger partial charge in [-0.05, 0) is 41.3 Å². The van der Waals surface area contributed by atoms with Crippen LogP contribution in [0.15, 0.2) is 58.2 Å². The summed E-state index contributed by atoms with van der Waals surface area (Å²) in [7, 11) is -3.22. The van der Waals surface area contributed by atoms with Crippen molar-refractivity contribution >= 4 is 32.3 Å². The molecule has 22 heavy (non-hydrogen) atoms. The third-order valence-corrected chi connectivity index (χ3v) is 4.85. The van der Waals surface area contributed by atoms with Crippen molar-refractivity contribution in [3.63, 3.8) is 0 Å². The molecule has 112 valence electrons. The molecule has 0 aliphatic carbocycles. The van der Waals surface area contributed by atoms with Crippen LogP contribution < -0.4 is 5.56 Å². The summed E-state index contributed by atoms with van der Waals surface area (Å²) < 4.78 is 23.0. The molecule has 0 saturated heterocycles. The smallest absolute Gasteiger partial charge is 0.248 e. The molecule has 0 amide bonds. The number of sulfone groups is 1. The van der Waals surface area contributed by atoms with Crippen LogP contribution in [0.4, 0.5) is 0 Å². The van der Waals surface area contributed by atoms with Crippen LogP contribution in [0.5, 0.6) is 0 Å². The van der Waals surface area contributed by atoms with E-state index in [-0.39, 0.29) is 10.5 Å². The molecule has 0 fully saturated rings. The lowest BCUT2D eigenvalue weighted by atomic mass is 10.0. The zero-order valence-electron chi connectivity index (χ0n) is 11.6. The molecule has 0 aliphatic rings. The van der Waals surface area contributed by atoms with E-state index < -0.39 is 9.84 Å². The Morgan fingerprint density at radius 1 is 1.00 bits per heavy atom. The lowest BCUT2D eigenvalue weighted by Crippen LogP contribution is -2.02. The average Bonchev–Trinajstić information content (AvgIpc) is 2.45. The zero-order valence-corrected chi connectivity index (χ0v) is 13.2. The van der Waals surface area contributed by atoms with Crippen molar-refractivity contribution in [1.82, 2.24) is 4.98 Å². The van der Waals surface area contributed by atoms with Gasteiger partial charge in [-0.2, -0.15) is 0 Å². The van der Waals surface area contributed by atoms with Gasteiger partial charge in [0.1, 0.15) is 0 Å². The minimum absolute atomic E-state index is 0.186. The molecular weight excluding hydrogens is 322 g/mol. The lowest BCUT2D eigenvalue weighted by molar-refractivity contribution is 0.602. The van der Waals surface area contributed by atoms with Gasteiger partial charge in [0.2, 0.25) is 5.56 Å². The molecule has 0 bridgehead atoms. The highest BCUT2D eigenvalue weighted by atomic mass is 35.5. The fourth-order valence-electron chi connectivity index (χ4n) is 2.28. The first kappa shape index (κ1) is 14.8. The van der Waals surface area contributed by atoms with E-state index in [2.05, 4.69) is 4.98 Å². The summed E-state index contributed by atoms with van der Waals surface area (Å²) in [4.78, 5) is 14.3. The highest BCUT2D eigenvalue weighted by molar-refractivity contribution is 7.90. The van der Waals surface area contributed by atoms with E-state index in [4.69, 9.17) is 11.6 Å². The predicted molar refractivity (Wildman–Crippen MR) is 88.1 cm³/mol. The summed E-state index contributed by atoms with van der Waals surface area (Å²) >= 11 is 6.28. The molecule has 0 radical (unpaired) electrons. The molecular formula is C16H12ClNO3S. The Morgan fingerprint density at radius 3 is 2.32 bits per heavy atom. The quantitative estimate of drug-likeness (QED) is 0.782. The summed E-state index contributed by atoms with van der Waals surface area (Å²) in [6.45, 7) is 0.